The Morgan fingerprint density at radius 1 is 0.897 bits per heavy atom. The maximum atomic E-state index is 12.5. The van der Waals surface area contributed by atoms with Gasteiger partial charge in [0.2, 0.25) is 11.7 Å². The van der Waals surface area contributed by atoms with Crippen molar-refractivity contribution in [2.45, 2.75) is 41.0 Å². The highest BCUT2D eigenvalue weighted by molar-refractivity contribution is 5.97. The molecule has 0 radical (unpaired) electrons. The summed E-state index contributed by atoms with van der Waals surface area (Å²) < 4.78 is 16.7. The molecule has 1 rings (SSSR count). The average molecular weight is 409 g/mol. The Kier molecular flexibility index (Phi) is 10.4. The number of benzene rings is 1. The van der Waals surface area contributed by atoms with Crippen LogP contribution in [0.25, 0.3) is 0 Å². The van der Waals surface area contributed by atoms with Crippen LogP contribution in [0.2, 0.25) is 0 Å². The molecule has 0 aromatic heterocycles. The van der Waals surface area contributed by atoms with Crippen LogP contribution < -0.4 is 30.4 Å². The van der Waals surface area contributed by atoms with Crippen LogP contribution in [0, 0.1) is 5.92 Å². The molecule has 1 aromatic rings. The summed E-state index contributed by atoms with van der Waals surface area (Å²) in [4.78, 5) is 36.0. The smallest absolute Gasteiger partial charge is 0.269 e. The predicted molar refractivity (Wildman–Crippen MR) is 108 cm³/mol. The summed E-state index contributed by atoms with van der Waals surface area (Å²) in [6.45, 7) is 10.0. The Balaban J connectivity index is 2.82. The number of amides is 3. The van der Waals surface area contributed by atoms with E-state index in [0.717, 1.165) is 0 Å². The molecule has 9 nitrogen and oxygen atoms in total. The van der Waals surface area contributed by atoms with Crippen molar-refractivity contribution in [3.05, 3.63) is 17.7 Å². The molecule has 3 amide bonds. The minimum absolute atomic E-state index is 0.185. The van der Waals surface area contributed by atoms with Gasteiger partial charge >= 0.3 is 0 Å². The molecule has 0 aliphatic rings. The van der Waals surface area contributed by atoms with E-state index in [-0.39, 0.29) is 23.9 Å². The average Bonchev–Trinajstić information content (AvgIpc) is 2.71. The lowest BCUT2D eigenvalue weighted by atomic mass is 10.1. The van der Waals surface area contributed by atoms with Gasteiger partial charge in [-0.1, -0.05) is 13.8 Å². The molecule has 0 fully saturated rings. The summed E-state index contributed by atoms with van der Waals surface area (Å²) >= 11 is 0. The van der Waals surface area contributed by atoms with Crippen molar-refractivity contribution in [2.24, 2.45) is 5.92 Å². The van der Waals surface area contributed by atoms with Crippen LogP contribution in [0.1, 0.15) is 51.4 Å². The van der Waals surface area contributed by atoms with Gasteiger partial charge in [-0.2, -0.15) is 0 Å². The van der Waals surface area contributed by atoms with Crippen LogP contribution in [0.3, 0.4) is 0 Å². The van der Waals surface area contributed by atoms with Crippen molar-refractivity contribution in [1.82, 2.24) is 16.2 Å². The maximum Gasteiger partial charge on any atom is 0.269 e. The van der Waals surface area contributed by atoms with E-state index in [4.69, 9.17) is 14.2 Å². The normalized spacial score (nSPS) is 11.2. The summed E-state index contributed by atoms with van der Waals surface area (Å²) in [6.07, 6.45) is 0.673. The van der Waals surface area contributed by atoms with Gasteiger partial charge in [-0.3, -0.25) is 25.2 Å². The van der Waals surface area contributed by atoms with Crippen LogP contribution in [0.5, 0.6) is 17.2 Å². The number of carbonyl (C=O) groups is 3. The molecule has 0 heterocycles. The van der Waals surface area contributed by atoms with Gasteiger partial charge in [0.25, 0.3) is 11.8 Å². The standard InChI is InChI=1S/C20H31N3O6/c1-6-13(5)19(25)21-12-17(24)22-23-20(26)14-10-15(27-7-2)18(29-9-4)16(11-14)28-8-3/h10-11,13H,6-9,12H2,1-5H3,(H,21,25)(H,22,24)(H,23,26). The third kappa shape index (κ3) is 7.52. The monoisotopic (exact) mass is 409 g/mol. The van der Waals surface area contributed by atoms with E-state index in [1.165, 1.54) is 12.1 Å². The van der Waals surface area contributed by atoms with Gasteiger partial charge in [-0.25, -0.2) is 0 Å². The van der Waals surface area contributed by atoms with E-state index in [1.807, 2.05) is 27.7 Å². The summed E-state index contributed by atoms with van der Waals surface area (Å²) in [5.41, 5.74) is 4.81. The molecule has 3 N–H and O–H groups in total. The molecule has 0 spiro atoms. The first-order chi connectivity index (χ1) is 13.9. The number of carbonyl (C=O) groups excluding carboxylic acids is 3. The van der Waals surface area contributed by atoms with Gasteiger partial charge in [0.1, 0.15) is 0 Å². The largest absolute Gasteiger partial charge is 0.490 e. The van der Waals surface area contributed by atoms with Crippen LogP contribution in [-0.4, -0.2) is 44.1 Å². The quantitative estimate of drug-likeness (QED) is 0.480. The molecule has 0 bridgehead atoms. The minimum Gasteiger partial charge on any atom is -0.490 e. The molecule has 0 saturated heterocycles. The van der Waals surface area contributed by atoms with E-state index in [9.17, 15) is 14.4 Å². The maximum absolute atomic E-state index is 12.5. The van der Waals surface area contributed by atoms with Crippen molar-refractivity contribution in [2.75, 3.05) is 26.4 Å². The number of hydrogen-bond donors (Lipinski definition) is 3. The fraction of sp³-hybridized carbons (Fsp3) is 0.550. The number of hydrogen-bond acceptors (Lipinski definition) is 6. The molecular formula is C20H31N3O6. The zero-order valence-corrected chi connectivity index (χ0v) is 17.7. The summed E-state index contributed by atoms with van der Waals surface area (Å²) in [5, 5.41) is 2.51. The molecule has 162 valence electrons. The van der Waals surface area contributed by atoms with Crippen LogP contribution >= 0.6 is 0 Å². The number of nitrogens with one attached hydrogen (secondary N) is 3. The molecule has 1 aromatic carbocycles. The summed E-state index contributed by atoms with van der Waals surface area (Å²) in [7, 11) is 0. The third-order valence-electron chi connectivity index (χ3n) is 3.97. The highest BCUT2D eigenvalue weighted by Gasteiger charge is 2.19. The van der Waals surface area contributed by atoms with Gasteiger partial charge in [-0.05, 0) is 39.3 Å². The van der Waals surface area contributed by atoms with Crippen molar-refractivity contribution in [3.8, 4) is 17.2 Å². The van der Waals surface area contributed by atoms with Gasteiger partial charge in [0.15, 0.2) is 11.5 Å². The first-order valence-corrected chi connectivity index (χ1v) is 9.81. The zero-order valence-electron chi connectivity index (χ0n) is 17.7. The Morgan fingerprint density at radius 3 is 1.93 bits per heavy atom. The zero-order chi connectivity index (χ0) is 21.8. The van der Waals surface area contributed by atoms with Gasteiger partial charge in [0, 0.05) is 11.5 Å². The molecular weight excluding hydrogens is 378 g/mol. The van der Waals surface area contributed by atoms with Gasteiger partial charge in [-0.15, -0.1) is 0 Å². The van der Waals surface area contributed by atoms with E-state index in [2.05, 4.69) is 16.2 Å². The molecule has 9 heteroatoms. The number of hydrazine groups is 1. The van der Waals surface area contributed by atoms with Crippen molar-refractivity contribution >= 4 is 17.7 Å². The topological polar surface area (TPSA) is 115 Å². The van der Waals surface area contributed by atoms with Crippen molar-refractivity contribution in [1.29, 1.82) is 0 Å². The Hall–Kier alpha value is -2.97. The fourth-order valence-corrected chi connectivity index (χ4v) is 2.29. The summed E-state index contributed by atoms with van der Waals surface area (Å²) in [6, 6.07) is 3.03. The van der Waals surface area contributed by atoms with E-state index in [1.54, 1.807) is 6.92 Å². The van der Waals surface area contributed by atoms with E-state index < -0.39 is 11.8 Å². The van der Waals surface area contributed by atoms with Gasteiger partial charge < -0.3 is 19.5 Å². The van der Waals surface area contributed by atoms with Crippen LogP contribution in [-0.2, 0) is 9.59 Å². The third-order valence-corrected chi connectivity index (χ3v) is 3.97. The second-order valence-electron chi connectivity index (χ2n) is 6.13. The fourth-order valence-electron chi connectivity index (χ4n) is 2.29. The highest BCUT2D eigenvalue weighted by Crippen LogP contribution is 2.39. The molecule has 1 unspecified atom stereocenters. The second kappa shape index (κ2) is 12.5. The molecule has 29 heavy (non-hydrogen) atoms. The lowest BCUT2D eigenvalue weighted by Gasteiger charge is -2.17. The minimum atomic E-state index is -0.559. The Morgan fingerprint density at radius 2 is 1.45 bits per heavy atom. The van der Waals surface area contributed by atoms with Crippen molar-refractivity contribution < 1.29 is 28.6 Å². The van der Waals surface area contributed by atoms with Crippen LogP contribution in [0.15, 0.2) is 12.1 Å². The molecule has 1 atom stereocenters. The lowest BCUT2D eigenvalue weighted by Crippen LogP contribution is -2.47. The molecule has 0 aliphatic heterocycles. The molecule has 0 aliphatic carbocycles. The number of rotatable bonds is 11. The first-order valence-electron chi connectivity index (χ1n) is 9.81. The molecule has 0 saturated carbocycles. The van der Waals surface area contributed by atoms with Crippen molar-refractivity contribution in [3.63, 3.8) is 0 Å². The second-order valence-corrected chi connectivity index (χ2v) is 6.13. The predicted octanol–water partition coefficient (Wildman–Crippen LogP) is 1.81. The highest BCUT2D eigenvalue weighted by atomic mass is 16.5. The number of ether oxygens (including phenoxy) is 3. The lowest BCUT2D eigenvalue weighted by molar-refractivity contribution is -0.128. The summed E-state index contributed by atoms with van der Waals surface area (Å²) in [5.74, 6) is -0.342. The van der Waals surface area contributed by atoms with Crippen LogP contribution in [0.4, 0.5) is 0 Å². The Bertz CT molecular complexity index is 680. The van der Waals surface area contributed by atoms with E-state index in [0.29, 0.717) is 43.5 Å². The Labute approximate surface area is 171 Å². The van der Waals surface area contributed by atoms with Gasteiger partial charge in [0.05, 0.1) is 26.4 Å². The first kappa shape index (κ1) is 24.1. The SMILES string of the molecule is CCOc1cc(C(=O)NNC(=O)CNC(=O)C(C)CC)cc(OCC)c1OCC. The van der Waals surface area contributed by atoms with E-state index >= 15 is 0 Å².